The van der Waals surface area contributed by atoms with Crippen LogP contribution in [-0.2, 0) is 5.54 Å². The third kappa shape index (κ3) is 2.88. The third-order valence-electron chi connectivity index (χ3n) is 2.93. The van der Waals surface area contributed by atoms with Crippen LogP contribution < -0.4 is 0 Å². The SMILES string of the molecule is C/C=C(\C=C/CC)C(C)(C)n1ccc(C(=O)O)n1. The van der Waals surface area contributed by atoms with Crippen LogP contribution >= 0.6 is 0 Å². The molecule has 1 rings (SSSR count). The van der Waals surface area contributed by atoms with E-state index in [1.54, 1.807) is 10.9 Å². The van der Waals surface area contributed by atoms with Crippen LogP contribution in [0.1, 0.15) is 44.6 Å². The van der Waals surface area contributed by atoms with Gasteiger partial charge in [-0.2, -0.15) is 5.10 Å². The summed E-state index contributed by atoms with van der Waals surface area (Å²) in [6.45, 7) is 8.08. The summed E-state index contributed by atoms with van der Waals surface area (Å²) in [4.78, 5) is 10.8. The molecule has 4 nitrogen and oxygen atoms in total. The molecule has 1 N–H and O–H groups in total. The fourth-order valence-electron chi connectivity index (χ4n) is 1.78. The van der Waals surface area contributed by atoms with Crippen molar-refractivity contribution in [3.05, 3.63) is 41.8 Å². The zero-order valence-corrected chi connectivity index (χ0v) is 11.3. The number of rotatable bonds is 5. The van der Waals surface area contributed by atoms with Gasteiger partial charge in [-0.15, -0.1) is 0 Å². The first kappa shape index (κ1) is 14.2. The molecule has 0 aliphatic rings. The van der Waals surface area contributed by atoms with Gasteiger partial charge in [-0.05, 0) is 38.8 Å². The summed E-state index contributed by atoms with van der Waals surface area (Å²) in [6, 6.07) is 1.51. The molecule has 18 heavy (non-hydrogen) atoms. The summed E-state index contributed by atoms with van der Waals surface area (Å²) in [5.74, 6) is -1.00. The van der Waals surface area contributed by atoms with Gasteiger partial charge >= 0.3 is 5.97 Å². The zero-order chi connectivity index (χ0) is 13.8. The van der Waals surface area contributed by atoms with Crippen LogP contribution in [0.2, 0.25) is 0 Å². The second-order valence-corrected chi connectivity index (χ2v) is 4.56. The number of carboxylic acids is 1. The average molecular weight is 248 g/mol. The monoisotopic (exact) mass is 248 g/mol. The molecule has 0 aliphatic heterocycles. The van der Waals surface area contributed by atoms with E-state index in [0.29, 0.717) is 0 Å². The van der Waals surface area contributed by atoms with E-state index < -0.39 is 5.97 Å². The number of allylic oxidation sites excluding steroid dienone is 4. The first-order valence-corrected chi connectivity index (χ1v) is 6.06. The Labute approximate surface area is 108 Å². The van der Waals surface area contributed by atoms with Gasteiger partial charge in [-0.25, -0.2) is 4.79 Å². The summed E-state index contributed by atoms with van der Waals surface area (Å²) >= 11 is 0. The van der Waals surface area contributed by atoms with Gasteiger partial charge < -0.3 is 5.11 Å². The smallest absolute Gasteiger partial charge is 0.356 e. The molecule has 0 saturated carbocycles. The minimum Gasteiger partial charge on any atom is -0.476 e. The van der Waals surface area contributed by atoms with Crippen molar-refractivity contribution in [1.29, 1.82) is 0 Å². The number of aromatic nitrogens is 2. The second kappa shape index (κ2) is 5.67. The highest BCUT2D eigenvalue weighted by Gasteiger charge is 2.25. The van der Waals surface area contributed by atoms with Crippen LogP contribution in [0.4, 0.5) is 0 Å². The number of nitrogens with zero attached hydrogens (tertiary/aromatic N) is 2. The Balaban J connectivity index is 3.10. The predicted molar refractivity (Wildman–Crippen MR) is 71.7 cm³/mol. The Morgan fingerprint density at radius 3 is 2.67 bits per heavy atom. The molecular formula is C14H20N2O2. The van der Waals surface area contributed by atoms with Crippen LogP contribution in [0, 0.1) is 0 Å². The number of aromatic carboxylic acids is 1. The maximum atomic E-state index is 10.8. The number of carbonyl (C=O) groups is 1. The summed E-state index contributed by atoms with van der Waals surface area (Å²) in [5.41, 5.74) is 0.802. The van der Waals surface area contributed by atoms with Gasteiger partial charge in [0.25, 0.3) is 0 Å². The van der Waals surface area contributed by atoms with Crippen LogP contribution in [0.3, 0.4) is 0 Å². The topological polar surface area (TPSA) is 55.1 Å². The molecule has 0 saturated heterocycles. The van der Waals surface area contributed by atoms with Gasteiger partial charge in [0.15, 0.2) is 5.69 Å². The van der Waals surface area contributed by atoms with E-state index in [9.17, 15) is 4.79 Å². The highest BCUT2D eigenvalue weighted by atomic mass is 16.4. The molecule has 0 aliphatic carbocycles. The molecule has 1 aromatic heterocycles. The highest BCUT2D eigenvalue weighted by Crippen LogP contribution is 2.26. The van der Waals surface area contributed by atoms with Crippen molar-refractivity contribution < 1.29 is 9.90 Å². The van der Waals surface area contributed by atoms with E-state index >= 15 is 0 Å². The van der Waals surface area contributed by atoms with Crippen molar-refractivity contribution in [2.75, 3.05) is 0 Å². The zero-order valence-electron chi connectivity index (χ0n) is 11.3. The van der Waals surface area contributed by atoms with E-state index in [2.05, 4.69) is 24.2 Å². The standard InChI is InChI=1S/C14H20N2O2/c1-5-7-8-11(6-2)14(3,4)16-10-9-12(15-16)13(17)18/h6-10H,5H2,1-4H3,(H,17,18)/b8-7-,11-6+. The van der Waals surface area contributed by atoms with E-state index in [0.717, 1.165) is 12.0 Å². The molecule has 1 aromatic rings. The lowest BCUT2D eigenvalue weighted by Gasteiger charge is -2.27. The van der Waals surface area contributed by atoms with E-state index in [1.807, 2.05) is 26.8 Å². The van der Waals surface area contributed by atoms with Gasteiger partial charge in [0.1, 0.15) is 0 Å². The van der Waals surface area contributed by atoms with Crippen molar-refractivity contribution in [1.82, 2.24) is 9.78 Å². The summed E-state index contributed by atoms with van der Waals surface area (Å²) in [5, 5.41) is 13.0. The minimum atomic E-state index is -1.00. The lowest BCUT2D eigenvalue weighted by atomic mass is 9.93. The van der Waals surface area contributed by atoms with Crippen molar-refractivity contribution in [3.63, 3.8) is 0 Å². The molecule has 0 atom stereocenters. The number of carboxylic acid groups (broad SMARTS) is 1. The highest BCUT2D eigenvalue weighted by molar-refractivity contribution is 5.85. The first-order valence-electron chi connectivity index (χ1n) is 6.06. The summed E-state index contributed by atoms with van der Waals surface area (Å²) < 4.78 is 1.69. The summed E-state index contributed by atoms with van der Waals surface area (Å²) in [7, 11) is 0. The minimum absolute atomic E-state index is 0.0676. The van der Waals surface area contributed by atoms with E-state index in [4.69, 9.17) is 5.11 Å². The predicted octanol–water partition coefficient (Wildman–Crippen LogP) is 3.23. The largest absolute Gasteiger partial charge is 0.476 e. The normalized spacial score (nSPS) is 13.2. The van der Waals surface area contributed by atoms with Crippen LogP contribution in [0.15, 0.2) is 36.1 Å². The Morgan fingerprint density at radius 2 is 2.22 bits per heavy atom. The lowest BCUT2D eigenvalue weighted by molar-refractivity contribution is 0.0689. The van der Waals surface area contributed by atoms with Crippen LogP contribution in [0.5, 0.6) is 0 Å². The molecule has 98 valence electrons. The molecule has 1 heterocycles. The first-order chi connectivity index (χ1) is 8.43. The van der Waals surface area contributed by atoms with Gasteiger partial charge in [-0.1, -0.05) is 25.2 Å². The fourth-order valence-corrected chi connectivity index (χ4v) is 1.78. The third-order valence-corrected chi connectivity index (χ3v) is 2.93. The molecule has 0 unspecified atom stereocenters. The Bertz CT molecular complexity index is 482. The average Bonchev–Trinajstić information content (AvgIpc) is 2.79. The Kier molecular flexibility index (Phi) is 4.48. The maximum Gasteiger partial charge on any atom is 0.356 e. The van der Waals surface area contributed by atoms with Crippen LogP contribution in [0.25, 0.3) is 0 Å². The molecule has 0 spiro atoms. The number of hydrogen-bond acceptors (Lipinski definition) is 2. The molecule has 0 radical (unpaired) electrons. The maximum absolute atomic E-state index is 10.8. The molecule has 0 bridgehead atoms. The van der Waals surface area contributed by atoms with Gasteiger partial charge in [0.05, 0.1) is 5.54 Å². The van der Waals surface area contributed by atoms with Gasteiger partial charge in [-0.3, -0.25) is 4.68 Å². The van der Waals surface area contributed by atoms with Crippen molar-refractivity contribution in [3.8, 4) is 0 Å². The van der Waals surface area contributed by atoms with Crippen molar-refractivity contribution in [2.24, 2.45) is 0 Å². The van der Waals surface area contributed by atoms with Crippen LogP contribution in [-0.4, -0.2) is 20.9 Å². The van der Waals surface area contributed by atoms with Crippen molar-refractivity contribution in [2.45, 2.75) is 39.7 Å². The summed E-state index contributed by atoms with van der Waals surface area (Å²) in [6.07, 6.45) is 8.83. The molecule has 0 amide bonds. The lowest BCUT2D eigenvalue weighted by Crippen LogP contribution is -2.29. The second-order valence-electron chi connectivity index (χ2n) is 4.56. The molecule has 0 aromatic carbocycles. The molecular weight excluding hydrogens is 228 g/mol. The van der Waals surface area contributed by atoms with Crippen molar-refractivity contribution >= 4 is 5.97 Å². The van der Waals surface area contributed by atoms with Gasteiger partial charge in [0.2, 0.25) is 0 Å². The number of hydrogen-bond donors (Lipinski definition) is 1. The molecule has 0 fully saturated rings. The van der Waals surface area contributed by atoms with E-state index in [-0.39, 0.29) is 11.2 Å². The Hall–Kier alpha value is -1.84. The van der Waals surface area contributed by atoms with E-state index in [1.165, 1.54) is 6.07 Å². The Morgan fingerprint density at radius 1 is 1.56 bits per heavy atom. The molecule has 4 heteroatoms. The fraction of sp³-hybridized carbons (Fsp3) is 0.429. The quantitative estimate of drug-likeness (QED) is 0.814. The van der Waals surface area contributed by atoms with Gasteiger partial charge in [0, 0.05) is 6.20 Å².